The van der Waals surface area contributed by atoms with Crippen molar-refractivity contribution in [2.75, 3.05) is 0 Å². The highest BCUT2D eigenvalue weighted by atomic mass is 35.5. The molecule has 1 atom stereocenters. The van der Waals surface area contributed by atoms with E-state index in [4.69, 9.17) is 11.6 Å². The molecule has 0 bridgehead atoms. The number of rotatable bonds is 6. The van der Waals surface area contributed by atoms with Crippen LogP contribution in [0.2, 0.25) is 5.02 Å². The molecule has 6 heteroatoms. The number of carbonyl (C=O) groups is 2. The van der Waals surface area contributed by atoms with Crippen LogP contribution in [-0.2, 0) is 11.3 Å². The largest absolute Gasteiger partial charge is 0.341 e. The Labute approximate surface area is 157 Å². The first kappa shape index (κ1) is 18.4. The molecule has 0 heterocycles. The molecule has 0 aliphatic heterocycles. The van der Waals surface area contributed by atoms with Gasteiger partial charge < -0.3 is 10.2 Å². The quantitative estimate of drug-likeness (QED) is 0.836. The molecule has 2 aromatic rings. The molecule has 1 aliphatic carbocycles. The Hall–Kier alpha value is -2.40. The van der Waals surface area contributed by atoms with E-state index >= 15 is 0 Å². The fourth-order valence-corrected chi connectivity index (χ4v) is 3.03. The molecule has 1 saturated carbocycles. The predicted molar refractivity (Wildman–Crippen MR) is 98.4 cm³/mol. The van der Waals surface area contributed by atoms with E-state index in [1.54, 1.807) is 42.2 Å². The molecule has 1 unspecified atom stereocenters. The lowest BCUT2D eigenvalue weighted by Gasteiger charge is -2.27. The Morgan fingerprint density at radius 2 is 1.88 bits per heavy atom. The monoisotopic (exact) mass is 374 g/mol. The van der Waals surface area contributed by atoms with E-state index in [1.165, 1.54) is 12.1 Å². The van der Waals surface area contributed by atoms with E-state index in [0.717, 1.165) is 12.8 Å². The molecule has 2 aromatic carbocycles. The molecule has 3 rings (SSSR count). The number of carbonyl (C=O) groups excluding carboxylic acids is 2. The third-order valence-corrected chi connectivity index (χ3v) is 4.77. The lowest BCUT2D eigenvalue weighted by Crippen LogP contribution is -2.47. The summed E-state index contributed by atoms with van der Waals surface area (Å²) >= 11 is 6.10. The van der Waals surface area contributed by atoms with Gasteiger partial charge in [-0.25, -0.2) is 4.39 Å². The maximum absolute atomic E-state index is 14.1. The average molecular weight is 375 g/mol. The van der Waals surface area contributed by atoms with E-state index in [-0.39, 0.29) is 24.4 Å². The minimum atomic E-state index is -0.714. The Bertz CT molecular complexity index is 788. The van der Waals surface area contributed by atoms with Crippen molar-refractivity contribution in [3.8, 4) is 0 Å². The number of hydrogen-bond acceptors (Lipinski definition) is 2. The van der Waals surface area contributed by atoms with Gasteiger partial charge in [0.25, 0.3) is 5.91 Å². The zero-order valence-corrected chi connectivity index (χ0v) is 15.2. The molecule has 136 valence electrons. The van der Waals surface area contributed by atoms with Crippen molar-refractivity contribution in [3.05, 3.63) is 70.5 Å². The topological polar surface area (TPSA) is 49.4 Å². The first-order chi connectivity index (χ1) is 12.5. The van der Waals surface area contributed by atoms with Crippen LogP contribution in [0.15, 0.2) is 48.5 Å². The minimum Gasteiger partial charge on any atom is -0.341 e. The van der Waals surface area contributed by atoms with Crippen LogP contribution in [0, 0.1) is 5.82 Å². The number of nitrogens with zero attached hydrogens (tertiary/aromatic N) is 1. The first-order valence-electron chi connectivity index (χ1n) is 8.56. The molecule has 0 aromatic heterocycles. The van der Waals surface area contributed by atoms with Gasteiger partial charge in [0.05, 0.1) is 6.54 Å². The zero-order chi connectivity index (χ0) is 18.7. The van der Waals surface area contributed by atoms with Crippen LogP contribution in [0.3, 0.4) is 0 Å². The van der Waals surface area contributed by atoms with Crippen LogP contribution in [0.1, 0.15) is 35.7 Å². The minimum absolute atomic E-state index is 0.0641. The van der Waals surface area contributed by atoms with Gasteiger partial charge in [-0.2, -0.15) is 0 Å². The van der Waals surface area contributed by atoms with Gasteiger partial charge in [-0.1, -0.05) is 35.9 Å². The molecular formula is C20H20ClFN2O2. The molecule has 1 aliphatic rings. The lowest BCUT2D eigenvalue weighted by molar-refractivity contribution is -0.134. The van der Waals surface area contributed by atoms with Crippen LogP contribution in [0.25, 0.3) is 0 Å². The first-order valence-corrected chi connectivity index (χ1v) is 8.94. The van der Waals surface area contributed by atoms with Crippen molar-refractivity contribution in [1.82, 2.24) is 10.2 Å². The molecule has 2 amide bonds. The lowest BCUT2D eigenvalue weighted by atomic mass is 10.1. The summed E-state index contributed by atoms with van der Waals surface area (Å²) in [5, 5.41) is 3.01. The average Bonchev–Trinajstić information content (AvgIpc) is 3.46. The van der Waals surface area contributed by atoms with E-state index in [1.807, 2.05) is 6.07 Å². The summed E-state index contributed by atoms with van der Waals surface area (Å²) in [4.78, 5) is 26.7. The van der Waals surface area contributed by atoms with E-state index in [9.17, 15) is 14.0 Å². The highest BCUT2D eigenvalue weighted by Crippen LogP contribution is 2.31. The molecule has 4 nitrogen and oxygen atoms in total. The second-order valence-electron chi connectivity index (χ2n) is 6.46. The van der Waals surface area contributed by atoms with Gasteiger partial charge in [0, 0.05) is 22.2 Å². The molecular weight excluding hydrogens is 355 g/mol. The third-order valence-electron chi connectivity index (χ3n) is 4.41. The summed E-state index contributed by atoms with van der Waals surface area (Å²) < 4.78 is 14.1. The number of hydrogen-bond donors (Lipinski definition) is 1. The summed E-state index contributed by atoms with van der Waals surface area (Å²) in [6.07, 6.45) is 1.74. The molecule has 0 radical (unpaired) electrons. The Kier molecular flexibility index (Phi) is 5.57. The van der Waals surface area contributed by atoms with Gasteiger partial charge in [0.15, 0.2) is 0 Å². The summed E-state index contributed by atoms with van der Waals surface area (Å²) in [5.41, 5.74) is 0.790. The second-order valence-corrected chi connectivity index (χ2v) is 6.87. The van der Waals surface area contributed by atoms with Gasteiger partial charge >= 0.3 is 0 Å². The van der Waals surface area contributed by atoms with Crippen molar-refractivity contribution in [1.29, 1.82) is 0 Å². The standard InChI is InChI=1S/C20H20ClFN2O2/c1-13(23-19(25)14-6-3-2-4-7-14)20(26)24(15-10-11-15)12-16-17(21)8-5-9-18(16)22/h2-9,13,15H,10-12H2,1H3,(H,23,25). The van der Waals surface area contributed by atoms with E-state index < -0.39 is 11.9 Å². The SMILES string of the molecule is CC(NC(=O)c1ccccc1)C(=O)N(Cc1c(F)cccc1Cl)C1CC1. The predicted octanol–water partition coefficient (Wildman–Crippen LogP) is 3.79. The van der Waals surface area contributed by atoms with Crippen molar-refractivity contribution in [2.45, 2.75) is 38.4 Å². The molecule has 0 spiro atoms. The van der Waals surface area contributed by atoms with E-state index in [0.29, 0.717) is 16.1 Å². The Balaban J connectivity index is 1.72. The molecule has 26 heavy (non-hydrogen) atoms. The van der Waals surface area contributed by atoms with E-state index in [2.05, 4.69) is 5.32 Å². The molecule has 1 N–H and O–H groups in total. The van der Waals surface area contributed by atoms with Crippen LogP contribution in [0.5, 0.6) is 0 Å². The molecule has 0 saturated heterocycles. The fourth-order valence-electron chi connectivity index (χ4n) is 2.81. The maximum atomic E-state index is 14.1. The van der Waals surface area contributed by atoms with Gasteiger partial charge in [-0.3, -0.25) is 9.59 Å². The zero-order valence-electron chi connectivity index (χ0n) is 14.4. The van der Waals surface area contributed by atoms with Crippen LogP contribution in [0.4, 0.5) is 4.39 Å². The Morgan fingerprint density at radius 3 is 2.50 bits per heavy atom. The highest BCUT2D eigenvalue weighted by molar-refractivity contribution is 6.31. The number of amides is 2. The summed E-state index contributed by atoms with van der Waals surface area (Å²) in [7, 11) is 0. The number of benzene rings is 2. The summed E-state index contributed by atoms with van der Waals surface area (Å²) in [6, 6.07) is 12.5. The van der Waals surface area contributed by atoms with Crippen LogP contribution >= 0.6 is 11.6 Å². The van der Waals surface area contributed by atoms with Gasteiger partial charge in [0.2, 0.25) is 5.91 Å². The summed E-state index contributed by atoms with van der Waals surface area (Å²) in [6.45, 7) is 1.74. The van der Waals surface area contributed by atoms with Crippen LogP contribution in [-0.4, -0.2) is 28.8 Å². The number of nitrogens with one attached hydrogen (secondary N) is 1. The number of halogens is 2. The molecule has 1 fully saturated rings. The smallest absolute Gasteiger partial charge is 0.251 e. The van der Waals surface area contributed by atoms with Gasteiger partial charge in [-0.05, 0) is 44.0 Å². The van der Waals surface area contributed by atoms with Crippen molar-refractivity contribution < 1.29 is 14.0 Å². The maximum Gasteiger partial charge on any atom is 0.251 e. The van der Waals surface area contributed by atoms with Crippen molar-refractivity contribution >= 4 is 23.4 Å². The normalized spacial score (nSPS) is 14.6. The highest BCUT2D eigenvalue weighted by Gasteiger charge is 2.35. The summed E-state index contributed by atoms with van der Waals surface area (Å²) in [5.74, 6) is -0.987. The van der Waals surface area contributed by atoms with Crippen molar-refractivity contribution in [3.63, 3.8) is 0 Å². The third kappa shape index (κ3) is 4.22. The fraction of sp³-hybridized carbons (Fsp3) is 0.300. The van der Waals surface area contributed by atoms with Crippen LogP contribution < -0.4 is 5.32 Å². The van der Waals surface area contributed by atoms with Gasteiger partial charge in [-0.15, -0.1) is 0 Å². The van der Waals surface area contributed by atoms with Crippen molar-refractivity contribution in [2.24, 2.45) is 0 Å². The van der Waals surface area contributed by atoms with Gasteiger partial charge in [0.1, 0.15) is 11.9 Å². The second kappa shape index (κ2) is 7.87. The Morgan fingerprint density at radius 1 is 1.19 bits per heavy atom.